The number of hydrogen-bond donors (Lipinski definition) is 2. The molecule has 0 aliphatic heterocycles. The van der Waals surface area contributed by atoms with Crippen molar-refractivity contribution in [1.82, 2.24) is 4.98 Å². The Morgan fingerprint density at radius 2 is 2.00 bits per heavy atom. The van der Waals surface area contributed by atoms with E-state index in [-0.39, 0.29) is 5.84 Å². The van der Waals surface area contributed by atoms with E-state index in [1.807, 2.05) is 37.3 Å². The van der Waals surface area contributed by atoms with E-state index in [0.29, 0.717) is 17.2 Å². The molecular formula is C13H13N3O2. The molecule has 1 heterocycles. The maximum atomic E-state index is 8.66. The van der Waals surface area contributed by atoms with Gasteiger partial charge in [0.05, 0.1) is 0 Å². The number of pyridine rings is 1. The summed E-state index contributed by atoms with van der Waals surface area (Å²) >= 11 is 0. The molecule has 0 unspecified atom stereocenters. The number of nitrogens with two attached hydrogens (primary N) is 1. The minimum atomic E-state index is 0.0263. The summed E-state index contributed by atoms with van der Waals surface area (Å²) in [5, 5.41) is 11.6. The second-order valence-corrected chi connectivity index (χ2v) is 3.74. The molecule has 0 aliphatic rings. The van der Waals surface area contributed by atoms with Crippen LogP contribution in [-0.4, -0.2) is 16.0 Å². The predicted octanol–water partition coefficient (Wildman–Crippen LogP) is 2.28. The Morgan fingerprint density at radius 3 is 2.67 bits per heavy atom. The van der Waals surface area contributed by atoms with Crippen LogP contribution in [0, 0.1) is 6.92 Å². The lowest BCUT2D eigenvalue weighted by atomic mass is 10.2. The van der Waals surface area contributed by atoms with Crippen molar-refractivity contribution in [2.45, 2.75) is 6.92 Å². The van der Waals surface area contributed by atoms with Crippen LogP contribution in [0.4, 0.5) is 0 Å². The zero-order chi connectivity index (χ0) is 13.0. The Kier molecular flexibility index (Phi) is 3.43. The zero-order valence-electron chi connectivity index (χ0n) is 9.87. The number of hydrogen-bond acceptors (Lipinski definition) is 4. The first-order chi connectivity index (χ1) is 8.69. The number of para-hydroxylation sites is 1. The van der Waals surface area contributed by atoms with Crippen LogP contribution in [0.5, 0.6) is 11.6 Å². The van der Waals surface area contributed by atoms with Crippen molar-refractivity contribution in [3.63, 3.8) is 0 Å². The number of oxime groups is 1. The van der Waals surface area contributed by atoms with Crippen molar-refractivity contribution in [2.75, 3.05) is 0 Å². The molecule has 1 aromatic heterocycles. The third-order valence-electron chi connectivity index (χ3n) is 2.30. The maximum absolute atomic E-state index is 8.66. The molecule has 3 N–H and O–H groups in total. The molecule has 0 amide bonds. The maximum Gasteiger partial charge on any atom is 0.220 e. The lowest BCUT2D eigenvalue weighted by molar-refractivity contribution is 0.318. The van der Waals surface area contributed by atoms with Crippen LogP contribution in [0.1, 0.15) is 11.3 Å². The molecule has 2 rings (SSSR count). The van der Waals surface area contributed by atoms with Gasteiger partial charge in [-0.1, -0.05) is 23.4 Å². The molecule has 1 aromatic carbocycles. The molecule has 0 fully saturated rings. The molecule has 0 saturated heterocycles. The van der Waals surface area contributed by atoms with E-state index in [2.05, 4.69) is 10.1 Å². The summed E-state index contributed by atoms with van der Waals surface area (Å²) in [5.74, 6) is 1.11. The fourth-order valence-corrected chi connectivity index (χ4v) is 1.51. The van der Waals surface area contributed by atoms with Crippen molar-refractivity contribution in [3.05, 3.63) is 53.7 Å². The highest BCUT2D eigenvalue weighted by atomic mass is 16.5. The predicted molar refractivity (Wildman–Crippen MR) is 68.0 cm³/mol. The highest BCUT2D eigenvalue weighted by molar-refractivity contribution is 5.97. The van der Waals surface area contributed by atoms with E-state index >= 15 is 0 Å². The number of aryl methyl sites for hydroxylation is 1. The van der Waals surface area contributed by atoms with Crippen molar-refractivity contribution in [3.8, 4) is 11.6 Å². The number of amidine groups is 1. The van der Waals surface area contributed by atoms with Gasteiger partial charge < -0.3 is 15.7 Å². The average molecular weight is 243 g/mol. The molecule has 0 saturated carbocycles. The Morgan fingerprint density at radius 1 is 1.28 bits per heavy atom. The van der Waals surface area contributed by atoms with Gasteiger partial charge in [0.25, 0.3) is 0 Å². The summed E-state index contributed by atoms with van der Waals surface area (Å²) in [6, 6.07) is 12.6. The van der Waals surface area contributed by atoms with Gasteiger partial charge in [-0.3, -0.25) is 0 Å². The quantitative estimate of drug-likeness (QED) is 0.375. The monoisotopic (exact) mass is 243 g/mol. The fraction of sp³-hybridized carbons (Fsp3) is 0.0769. The van der Waals surface area contributed by atoms with E-state index in [1.54, 1.807) is 12.1 Å². The van der Waals surface area contributed by atoms with Crippen LogP contribution in [0.15, 0.2) is 47.6 Å². The van der Waals surface area contributed by atoms with E-state index < -0.39 is 0 Å². The third-order valence-corrected chi connectivity index (χ3v) is 2.30. The Labute approximate surface area is 105 Å². The minimum absolute atomic E-state index is 0.0263. The summed E-state index contributed by atoms with van der Waals surface area (Å²) in [5.41, 5.74) is 6.83. The Balaban J connectivity index is 2.31. The van der Waals surface area contributed by atoms with Crippen LogP contribution in [0.2, 0.25) is 0 Å². The van der Waals surface area contributed by atoms with E-state index in [1.165, 1.54) is 0 Å². The molecule has 92 valence electrons. The topological polar surface area (TPSA) is 80.7 Å². The normalized spacial score (nSPS) is 11.3. The van der Waals surface area contributed by atoms with Gasteiger partial charge in [-0.15, -0.1) is 0 Å². The molecule has 2 aromatic rings. The fourth-order valence-electron chi connectivity index (χ4n) is 1.51. The van der Waals surface area contributed by atoms with Crippen LogP contribution in [0.3, 0.4) is 0 Å². The molecule has 0 aliphatic carbocycles. The second kappa shape index (κ2) is 5.18. The lowest BCUT2D eigenvalue weighted by Crippen LogP contribution is -2.13. The van der Waals surface area contributed by atoms with Gasteiger partial charge in [0.15, 0.2) is 5.84 Å². The number of rotatable bonds is 3. The number of benzene rings is 1. The van der Waals surface area contributed by atoms with Crippen molar-refractivity contribution >= 4 is 5.84 Å². The van der Waals surface area contributed by atoms with Crippen LogP contribution >= 0.6 is 0 Å². The first-order valence-corrected chi connectivity index (χ1v) is 5.38. The van der Waals surface area contributed by atoms with Crippen molar-refractivity contribution < 1.29 is 9.94 Å². The molecule has 5 nitrogen and oxygen atoms in total. The molecule has 0 spiro atoms. The first-order valence-electron chi connectivity index (χ1n) is 5.38. The molecule has 0 radical (unpaired) electrons. The van der Waals surface area contributed by atoms with Gasteiger partial charge in [-0.25, -0.2) is 4.98 Å². The summed E-state index contributed by atoms with van der Waals surface area (Å²) in [6.07, 6.45) is 0. The lowest BCUT2D eigenvalue weighted by Gasteiger charge is -2.07. The van der Waals surface area contributed by atoms with Crippen molar-refractivity contribution in [1.29, 1.82) is 0 Å². The summed E-state index contributed by atoms with van der Waals surface area (Å²) in [7, 11) is 0. The molecule has 0 atom stereocenters. The van der Waals surface area contributed by atoms with Gasteiger partial charge >= 0.3 is 0 Å². The summed E-state index contributed by atoms with van der Waals surface area (Å²) < 4.78 is 5.59. The van der Waals surface area contributed by atoms with E-state index in [4.69, 9.17) is 15.7 Å². The van der Waals surface area contributed by atoms with Crippen LogP contribution in [0.25, 0.3) is 0 Å². The largest absolute Gasteiger partial charge is 0.439 e. The van der Waals surface area contributed by atoms with Gasteiger partial charge in [0.2, 0.25) is 5.88 Å². The molecule has 5 heteroatoms. The smallest absolute Gasteiger partial charge is 0.220 e. The van der Waals surface area contributed by atoms with Crippen LogP contribution in [-0.2, 0) is 0 Å². The van der Waals surface area contributed by atoms with Gasteiger partial charge in [-0.05, 0) is 25.1 Å². The second-order valence-electron chi connectivity index (χ2n) is 3.74. The standard InChI is InChI=1S/C13H13N3O2/c1-9-7-10(13(14)16-17)8-12(15-9)18-11-5-3-2-4-6-11/h2-8,17H,1H3,(H2,14,16). The van der Waals surface area contributed by atoms with Gasteiger partial charge in [-0.2, -0.15) is 0 Å². The van der Waals surface area contributed by atoms with Gasteiger partial charge in [0, 0.05) is 17.3 Å². The van der Waals surface area contributed by atoms with E-state index in [9.17, 15) is 0 Å². The average Bonchev–Trinajstić information content (AvgIpc) is 2.38. The number of ether oxygens (including phenoxy) is 1. The summed E-state index contributed by atoms with van der Waals surface area (Å²) in [6.45, 7) is 1.81. The third kappa shape index (κ3) is 2.76. The molecular weight excluding hydrogens is 230 g/mol. The highest BCUT2D eigenvalue weighted by Gasteiger charge is 2.06. The number of nitrogens with zero attached hydrogens (tertiary/aromatic N) is 2. The zero-order valence-corrected chi connectivity index (χ0v) is 9.87. The van der Waals surface area contributed by atoms with Crippen molar-refractivity contribution in [2.24, 2.45) is 10.9 Å². The molecule has 18 heavy (non-hydrogen) atoms. The van der Waals surface area contributed by atoms with E-state index in [0.717, 1.165) is 5.69 Å². The SMILES string of the molecule is Cc1cc(/C(N)=N/O)cc(Oc2ccccc2)n1. The first kappa shape index (κ1) is 11.9. The highest BCUT2D eigenvalue weighted by Crippen LogP contribution is 2.20. The Hall–Kier alpha value is -2.56. The summed E-state index contributed by atoms with van der Waals surface area (Å²) in [4.78, 5) is 4.23. The molecule has 0 bridgehead atoms. The van der Waals surface area contributed by atoms with Gasteiger partial charge in [0.1, 0.15) is 5.75 Å². The minimum Gasteiger partial charge on any atom is -0.439 e. The number of aromatic nitrogens is 1. The Bertz CT molecular complexity index is 568. The van der Waals surface area contributed by atoms with Crippen LogP contribution < -0.4 is 10.5 Å².